The largest absolute Gasteiger partial charge is 0.368 e. The lowest BCUT2D eigenvalue weighted by Crippen LogP contribution is -2.00. The van der Waals surface area contributed by atoms with Crippen LogP contribution < -0.4 is 5.73 Å². The van der Waals surface area contributed by atoms with Crippen molar-refractivity contribution in [3.8, 4) is 11.4 Å². The second-order valence-corrected chi connectivity index (χ2v) is 3.78. The molecule has 0 aliphatic heterocycles. The van der Waals surface area contributed by atoms with Crippen LogP contribution in [-0.2, 0) is 0 Å². The van der Waals surface area contributed by atoms with Gasteiger partial charge < -0.3 is 5.73 Å². The van der Waals surface area contributed by atoms with Crippen LogP contribution in [0.1, 0.15) is 0 Å². The summed E-state index contributed by atoms with van der Waals surface area (Å²) in [6.45, 7) is 0. The van der Waals surface area contributed by atoms with Gasteiger partial charge in [-0.1, -0.05) is 18.2 Å². The Balaban J connectivity index is 2.39. The normalized spacial score (nSPS) is 10.7. The first-order valence-corrected chi connectivity index (χ1v) is 5.39. The molecule has 18 heavy (non-hydrogen) atoms. The van der Waals surface area contributed by atoms with E-state index < -0.39 is 5.82 Å². The number of anilines is 1. The molecule has 0 fully saturated rings. The van der Waals surface area contributed by atoms with Gasteiger partial charge in [0.05, 0.1) is 5.69 Å². The van der Waals surface area contributed by atoms with Gasteiger partial charge in [-0.25, -0.2) is 14.4 Å². The van der Waals surface area contributed by atoms with E-state index in [9.17, 15) is 4.39 Å². The Kier molecular flexibility index (Phi) is 2.37. The quantitative estimate of drug-likeness (QED) is 0.709. The molecular weight excluding hydrogens is 231 g/mol. The van der Waals surface area contributed by atoms with Gasteiger partial charge in [0.15, 0.2) is 0 Å². The van der Waals surface area contributed by atoms with Gasteiger partial charge in [-0.05, 0) is 18.2 Å². The molecule has 2 N–H and O–H groups in total. The number of hydrogen-bond acceptors (Lipinski definition) is 4. The highest BCUT2D eigenvalue weighted by Gasteiger charge is 2.11. The molecular formula is C13H9FN4. The van der Waals surface area contributed by atoms with E-state index in [0.717, 1.165) is 0 Å². The van der Waals surface area contributed by atoms with Gasteiger partial charge in [0.25, 0.3) is 0 Å². The molecule has 0 bridgehead atoms. The highest BCUT2D eigenvalue weighted by molar-refractivity contribution is 5.92. The molecule has 0 saturated heterocycles. The van der Waals surface area contributed by atoms with E-state index in [1.807, 2.05) is 6.07 Å². The summed E-state index contributed by atoms with van der Waals surface area (Å²) in [5.41, 5.74) is 7.01. The van der Waals surface area contributed by atoms with Crippen molar-refractivity contribution >= 4 is 16.9 Å². The van der Waals surface area contributed by atoms with Crippen molar-refractivity contribution in [2.75, 3.05) is 5.73 Å². The topological polar surface area (TPSA) is 64.7 Å². The number of aromatic nitrogens is 3. The maximum Gasteiger partial charge on any atom is 0.221 e. The van der Waals surface area contributed by atoms with E-state index in [1.165, 1.54) is 6.07 Å². The van der Waals surface area contributed by atoms with Crippen LogP contribution in [0.5, 0.6) is 0 Å². The molecule has 88 valence electrons. The summed E-state index contributed by atoms with van der Waals surface area (Å²) in [7, 11) is 0. The molecule has 0 radical (unpaired) electrons. The minimum atomic E-state index is -0.418. The molecule has 3 rings (SSSR count). The highest BCUT2D eigenvalue weighted by atomic mass is 19.1. The summed E-state index contributed by atoms with van der Waals surface area (Å²) in [4.78, 5) is 12.3. The van der Waals surface area contributed by atoms with Crippen LogP contribution in [0.3, 0.4) is 0 Å². The van der Waals surface area contributed by atoms with Crippen molar-refractivity contribution in [2.45, 2.75) is 0 Å². The minimum Gasteiger partial charge on any atom is -0.368 e. The minimum absolute atomic E-state index is 0.0354. The number of nitrogens with two attached hydrogens (primary N) is 1. The monoisotopic (exact) mass is 240 g/mol. The van der Waals surface area contributed by atoms with Crippen LogP contribution in [0.4, 0.5) is 10.3 Å². The molecule has 0 aliphatic carbocycles. The first kappa shape index (κ1) is 10.6. The molecule has 0 spiro atoms. The second kappa shape index (κ2) is 4.03. The Bertz CT molecular complexity index is 713. The lowest BCUT2D eigenvalue weighted by molar-refractivity contribution is 0.636. The summed E-state index contributed by atoms with van der Waals surface area (Å²) >= 11 is 0. The van der Waals surface area contributed by atoms with Crippen molar-refractivity contribution < 1.29 is 4.39 Å². The number of rotatable bonds is 1. The molecule has 3 aromatic rings. The standard InChI is InChI=1S/C13H9FN4/c14-9-5-3-4-8-11(9)17-13(15)18-12(8)10-6-1-2-7-16-10/h1-7H,(H2,15,17,18). The lowest BCUT2D eigenvalue weighted by atomic mass is 10.1. The molecule has 0 atom stereocenters. The van der Waals surface area contributed by atoms with Crippen LogP contribution >= 0.6 is 0 Å². The maximum absolute atomic E-state index is 13.7. The van der Waals surface area contributed by atoms with Gasteiger partial charge in [0.1, 0.15) is 17.0 Å². The van der Waals surface area contributed by atoms with E-state index in [4.69, 9.17) is 5.73 Å². The summed E-state index contributed by atoms with van der Waals surface area (Å²) in [6, 6.07) is 10.2. The smallest absolute Gasteiger partial charge is 0.221 e. The third-order valence-electron chi connectivity index (χ3n) is 2.60. The highest BCUT2D eigenvalue weighted by Crippen LogP contribution is 2.26. The van der Waals surface area contributed by atoms with Gasteiger partial charge in [-0.3, -0.25) is 4.98 Å². The predicted molar refractivity (Wildman–Crippen MR) is 67.1 cm³/mol. The number of nitrogen functional groups attached to an aromatic ring is 1. The number of para-hydroxylation sites is 1. The van der Waals surface area contributed by atoms with Gasteiger partial charge in [-0.2, -0.15) is 0 Å². The van der Waals surface area contributed by atoms with Crippen molar-refractivity contribution in [3.63, 3.8) is 0 Å². The lowest BCUT2D eigenvalue weighted by Gasteiger charge is -2.06. The second-order valence-electron chi connectivity index (χ2n) is 3.78. The Morgan fingerprint density at radius 2 is 1.89 bits per heavy atom. The molecule has 0 saturated carbocycles. The summed E-state index contributed by atoms with van der Waals surface area (Å²) < 4.78 is 13.7. The zero-order valence-corrected chi connectivity index (χ0v) is 9.34. The van der Waals surface area contributed by atoms with Gasteiger partial charge >= 0.3 is 0 Å². The fourth-order valence-electron chi connectivity index (χ4n) is 1.83. The van der Waals surface area contributed by atoms with Crippen molar-refractivity contribution in [1.82, 2.24) is 15.0 Å². The number of nitrogens with zero attached hydrogens (tertiary/aromatic N) is 3. The van der Waals surface area contributed by atoms with Crippen LogP contribution in [-0.4, -0.2) is 15.0 Å². The summed E-state index contributed by atoms with van der Waals surface area (Å²) in [6.07, 6.45) is 1.65. The molecule has 0 amide bonds. The predicted octanol–water partition coefficient (Wildman–Crippen LogP) is 2.41. The third kappa shape index (κ3) is 1.66. The zero-order valence-electron chi connectivity index (χ0n) is 9.34. The Hall–Kier alpha value is -2.56. The molecule has 5 heteroatoms. The van der Waals surface area contributed by atoms with E-state index in [1.54, 1.807) is 30.5 Å². The fraction of sp³-hybridized carbons (Fsp3) is 0. The number of hydrogen-bond donors (Lipinski definition) is 1. The van der Waals surface area contributed by atoms with Crippen LogP contribution in [0.15, 0.2) is 42.6 Å². The summed E-state index contributed by atoms with van der Waals surface area (Å²) in [5.74, 6) is -0.382. The van der Waals surface area contributed by atoms with Crippen LogP contribution in [0, 0.1) is 5.82 Å². The van der Waals surface area contributed by atoms with E-state index in [0.29, 0.717) is 16.8 Å². The van der Waals surface area contributed by atoms with Gasteiger partial charge in [0.2, 0.25) is 5.95 Å². The molecule has 2 aromatic heterocycles. The van der Waals surface area contributed by atoms with E-state index in [-0.39, 0.29) is 11.5 Å². The number of fused-ring (bicyclic) bond motifs is 1. The molecule has 0 unspecified atom stereocenters. The summed E-state index contributed by atoms with van der Waals surface area (Å²) in [5, 5.41) is 0.600. The van der Waals surface area contributed by atoms with Crippen molar-refractivity contribution in [1.29, 1.82) is 0 Å². The fourth-order valence-corrected chi connectivity index (χ4v) is 1.83. The number of pyridine rings is 1. The van der Waals surface area contributed by atoms with Crippen molar-refractivity contribution in [3.05, 3.63) is 48.4 Å². The third-order valence-corrected chi connectivity index (χ3v) is 2.60. The van der Waals surface area contributed by atoms with Gasteiger partial charge in [-0.15, -0.1) is 0 Å². The molecule has 2 heterocycles. The average Bonchev–Trinajstić information content (AvgIpc) is 2.40. The van der Waals surface area contributed by atoms with E-state index in [2.05, 4.69) is 15.0 Å². The van der Waals surface area contributed by atoms with Crippen LogP contribution in [0.2, 0.25) is 0 Å². The van der Waals surface area contributed by atoms with Crippen molar-refractivity contribution in [2.24, 2.45) is 0 Å². The first-order valence-electron chi connectivity index (χ1n) is 5.39. The SMILES string of the molecule is Nc1nc(-c2ccccn2)c2cccc(F)c2n1. The number of benzene rings is 1. The maximum atomic E-state index is 13.7. The Morgan fingerprint density at radius 1 is 1.00 bits per heavy atom. The van der Waals surface area contributed by atoms with Gasteiger partial charge in [0, 0.05) is 11.6 Å². The number of halogens is 1. The molecule has 4 nitrogen and oxygen atoms in total. The Morgan fingerprint density at radius 3 is 2.67 bits per heavy atom. The Labute approximate surface area is 102 Å². The van der Waals surface area contributed by atoms with Crippen LogP contribution in [0.25, 0.3) is 22.3 Å². The average molecular weight is 240 g/mol. The zero-order chi connectivity index (χ0) is 12.5. The molecule has 0 aliphatic rings. The van der Waals surface area contributed by atoms with E-state index >= 15 is 0 Å². The molecule has 1 aromatic carbocycles. The first-order chi connectivity index (χ1) is 8.75.